The lowest BCUT2D eigenvalue weighted by molar-refractivity contribution is 0.00648. The van der Waals surface area contributed by atoms with Crippen LogP contribution in [0.15, 0.2) is 22.7 Å². The number of nitrogens with zero attached hydrogens (tertiary/aromatic N) is 1. The molecule has 1 aromatic carbocycles. The van der Waals surface area contributed by atoms with E-state index >= 15 is 0 Å². The molecule has 2 aliphatic rings. The van der Waals surface area contributed by atoms with E-state index in [-0.39, 0.29) is 13.0 Å². The van der Waals surface area contributed by atoms with E-state index < -0.39 is 41.5 Å². The van der Waals surface area contributed by atoms with Crippen molar-refractivity contribution in [1.29, 1.82) is 0 Å². The van der Waals surface area contributed by atoms with Gasteiger partial charge in [-0.15, -0.1) is 0 Å². The van der Waals surface area contributed by atoms with Gasteiger partial charge in [0.15, 0.2) is 0 Å². The summed E-state index contributed by atoms with van der Waals surface area (Å²) in [5, 5.41) is 9.35. The Balaban J connectivity index is 1.90. The van der Waals surface area contributed by atoms with Gasteiger partial charge in [-0.3, -0.25) is 8.37 Å². The zero-order valence-electron chi connectivity index (χ0n) is 11.3. The van der Waals surface area contributed by atoms with Crippen LogP contribution in [0.2, 0.25) is 0 Å². The average Bonchev–Trinajstić information content (AvgIpc) is 2.84. The van der Waals surface area contributed by atoms with Gasteiger partial charge in [-0.2, -0.15) is 4.21 Å². The Morgan fingerprint density at radius 3 is 3.00 bits per heavy atom. The van der Waals surface area contributed by atoms with Gasteiger partial charge in [0.2, 0.25) is 0 Å². The third-order valence-electron chi connectivity index (χ3n) is 3.90. The molecule has 1 unspecified atom stereocenters. The van der Waals surface area contributed by atoms with E-state index in [4.69, 9.17) is 8.37 Å². The fraction of sp³-hybridized carbons (Fsp3) is 0.462. The fourth-order valence-corrected chi connectivity index (χ4v) is 4.15. The van der Waals surface area contributed by atoms with E-state index in [0.717, 1.165) is 0 Å². The minimum Gasteiger partial charge on any atom is -0.465 e. The second-order valence-electron chi connectivity index (χ2n) is 5.15. The second-order valence-corrected chi connectivity index (χ2v) is 6.80. The van der Waals surface area contributed by atoms with E-state index in [2.05, 4.69) is 15.9 Å². The molecule has 0 aromatic heterocycles. The number of fused-ring (bicyclic) bond motifs is 1. The molecule has 0 bridgehead atoms. The van der Waals surface area contributed by atoms with Crippen molar-refractivity contribution in [2.75, 3.05) is 6.54 Å². The van der Waals surface area contributed by atoms with Crippen LogP contribution in [0.3, 0.4) is 0 Å². The second kappa shape index (κ2) is 6.23. The van der Waals surface area contributed by atoms with E-state index in [0.29, 0.717) is 16.5 Å². The standard InChI is InChI=1S/C13H13BrFNO5S/c14-8-3-1-2-7(11(8)15)6-9-12-10(20-22(19)21-12)4-5-16(9)13(17)18/h1-3,9-10,12H,4-6H2,(H,17,18)/t9-,10+,12-,22?/m1/s1. The lowest BCUT2D eigenvalue weighted by atomic mass is 9.91. The highest BCUT2D eigenvalue weighted by Crippen LogP contribution is 2.33. The van der Waals surface area contributed by atoms with Crippen molar-refractivity contribution < 1.29 is 26.9 Å². The lowest BCUT2D eigenvalue weighted by Crippen LogP contribution is -2.56. The molecule has 0 radical (unpaired) electrons. The Hall–Kier alpha value is -1.03. The smallest absolute Gasteiger partial charge is 0.407 e. The molecule has 1 N–H and O–H groups in total. The third-order valence-corrected chi connectivity index (χ3v) is 5.29. The highest BCUT2D eigenvalue weighted by molar-refractivity contribution is 9.10. The van der Waals surface area contributed by atoms with Gasteiger partial charge < -0.3 is 10.0 Å². The molecule has 1 amide bonds. The normalized spacial score (nSPS) is 31.1. The number of piperidine rings is 1. The van der Waals surface area contributed by atoms with Gasteiger partial charge in [0.25, 0.3) is 0 Å². The van der Waals surface area contributed by atoms with E-state index in [9.17, 15) is 18.5 Å². The summed E-state index contributed by atoms with van der Waals surface area (Å²) in [4.78, 5) is 12.6. The molecule has 0 aliphatic carbocycles. The maximum absolute atomic E-state index is 14.2. The summed E-state index contributed by atoms with van der Waals surface area (Å²) < 4.78 is 36.3. The van der Waals surface area contributed by atoms with Crippen molar-refractivity contribution in [3.05, 3.63) is 34.1 Å². The molecule has 2 aliphatic heterocycles. The highest BCUT2D eigenvalue weighted by Gasteiger charge is 2.48. The number of hydrogen-bond donors (Lipinski definition) is 1. The predicted octanol–water partition coefficient (Wildman–Crippen LogP) is 2.25. The van der Waals surface area contributed by atoms with Crippen LogP contribution >= 0.6 is 15.9 Å². The van der Waals surface area contributed by atoms with Gasteiger partial charge in [-0.1, -0.05) is 12.1 Å². The zero-order valence-corrected chi connectivity index (χ0v) is 13.7. The number of amides is 1. The molecule has 6 nitrogen and oxygen atoms in total. The summed E-state index contributed by atoms with van der Waals surface area (Å²) >= 11 is 1.23. The van der Waals surface area contributed by atoms with E-state index in [1.807, 2.05) is 0 Å². The third kappa shape index (κ3) is 2.90. The van der Waals surface area contributed by atoms with Crippen LogP contribution in [0, 0.1) is 5.82 Å². The molecule has 0 saturated carbocycles. The molecule has 9 heteroatoms. The largest absolute Gasteiger partial charge is 0.465 e. The predicted molar refractivity (Wildman–Crippen MR) is 78.8 cm³/mol. The van der Waals surface area contributed by atoms with Gasteiger partial charge in [0, 0.05) is 6.54 Å². The molecule has 0 spiro atoms. The molecule has 2 heterocycles. The van der Waals surface area contributed by atoms with Crippen LogP contribution in [0.5, 0.6) is 0 Å². The Morgan fingerprint density at radius 1 is 1.50 bits per heavy atom. The summed E-state index contributed by atoms with van der Waals surface area (Å²) in [7, 11) is 0. The first kappa shape index (κ1) is 15.9. The van der Waals surface area contributed by atoms with Gasteiger partial charge in [0.1, 0.15) is 18.0 Å². The molecule has 1 aromatic rings. The lowest BCUT2D eigenvalue weighted by Gasteiger charge is -2.38. The average molecular weight is 394 g/mol. The summed E-state index contributed by atoms with van der Waals surface area (Å²) in [6.45, 7) is 0.233. The number of carbonyl (C=O) groups is 1. The first-order valence-corrected chi connectivity index (χ1v) is 8.45. The Bertz CT molecular complexity index is 630. The van der Waals surface area contributed by atoms with E-state index in [1.165, 1.54) is 4.90 Å². The molecule has 22 heavy (non-hydrogen) atoms. The monoisotopic (exact) mass is 393 g/mol. The van der Waals surface area contributed by atoms with Crippen molar-refractivity contribution in [1.82, 2.24) is 4.90 Å². The fourth-order valence-electron chi connectivity index (χ4n) is 2.86. The summed E-state index contributed by atoms with van der Waals surface area (Å²) in [5.41, 5.74) is 0.368. The molecule has 4 atom stereocenters. The number of carboxylic acid groups (broad SMARTS) is 1. The summed E-state index contributed by atoms with van der Waals surface area (Å²) in [5.74, 6) is -0.435. The van der Waals surface area contributed by atoms with Crippen LogP contribution in [0.1, 0.15) is 12.0 Å². The quantitative estimate of drug-likeness (QED) is 0.833. The molecule has 2 saturated heterocycles. The van der Waals surface area contributed by atoms with Crippen LogP contribution in [0.4, 0.5) is 9.18 Å². The van der Waals surface area contributed by atoms with Crippen LogP contribution in [0.25, 0.3) is 0 Å². The first-order valence-electron chi connectivity index (χ1n) is 6.66. The van der Waals surface area contributed by atoms with Crippen molar-refractivity contribution >= 4 is 33.4 Å². The number of benzene rings is 1. The zero-order chi connectivity index (χ0) is 15.9. The van der Waals surface area contributed by atoms with Gasteiger partial charge in [0.05, 0.1) is 10.5 Å². The Morgan fingerprint density at radius 2 is 2.27 bits per heavy atom. The number of hydrogen-bond acceptors (Lipinski definition) is 4. The molecular formula is C13H13BrFNO5S. The maximum atomic E-state index is 14.2. The molecule has 3 rings (SSSR count). The number of likely N-dealkylation sites (tertiary alicyclic amines) is 1. The molecule has 120 valence electrons. The van der Waals surface area contributed by atoms with Crippen LogP contribution in [-0.4, -0.2) is 45.1 Å². The van der Waals surface area contributed by atoms with Crippen LogP contribution in [-0.2, 0) is 26.1 Å². The van der Waals surface area contributed by atoms with Gasteiger partial charge >= 0.3 is 17.5 Å². The maximum Gasteiger partial charge on any atom is 0.407 e. The first-order chi connectivity index (χ1) is 10.5. The highest BCUT2D eigenvalue weighted by atomic mass is 79.9. The summed E-state index contributed by atoms with van der Waals surface area (Å²) in [6, 6.07) is 4.20. The Kier molecular flexibility index (Phi) is 4.49. The van der Waals surface area contributed by atoms with Crippen molar-refractivity contribution in [2.24, 2.45) is 0 Å². The number of rotatable bonds is 2. The molecular weight excluding hydrogens is 381 g/mol. The topological polar surface area (TPSA) is 76.1 Å². The Labute approximate surface area is 137 Å². The van der Waals surface area contributed by atoms with Gasteiger partial charge in [-0.05, 0) is 40.4 Å². The van der Waals surface area contributed by atoms with Crippen molar-refractivity contribution in [3.8, 4) is 0 Å². The minimum atomic E-state index is -1.88. The van der Waals surface area contributed by atoms with E-state index in [1.54, 1.807) is 18.2 Å². The SMILES string of the molecule is O=C(O)N1CC[C@@H]2OS(=O)O[C@@H]2[C@H]1Cc1cccc(Br)c1F. The van der Waals surface area contributed by atoms with Gasteiger partial charge in [-0.25, -0.2) is 9.18 Å². The molecule has 2 fully saturated rings. The van der Waals surface area contributed by atoms with Crippen LogP contribution < -0.4 is 0 Å². The number of halogens is 2. The summed E-state index contributed by atoms with van der Waals surface area (Å²) in [6.07, 6.45) is -1.68. The van der Waals surface area contributed by atoms with Crippen molar-refractivity contribution in [2.45, 2.75) is 31.1 Å². The van der Waals surface area contributed by atoms with Crippen molar-refractivity contribution in [3.63, 3.8) is 0 Å². The minimum absolute atomic E-state index is 0.124.